The quantitative estimate of drug-likeness (QED) is 0.341. The zero-order valence-corrected chi connectivity index (χ0v) is 17.3. The smallest absolute Gasteiger partial charge is 0.330 e. The molecule has 0 saturated carbocycles. The Bertz CT molecular complexity index is 1100. The summed E-state index contributed by atoms with van der Waals surface area (Å²) in [6, 6.07) is 2.62. The first-order valence-electron chi connectivity index (χ1n) is 9.54. The minimum atomic E-state index is -0.964. The largest absolute Gasteiger partial charge is 0.493 e. The summed E-state index contributed by atoms with van der Waals surface area (Å²) in [5, 5.41) is 30.5. The van der Waals surface area contributed by atoms with Crippen LogP contribution in [0, 0.1) is 10.1 Å². The number of nitrogens with one attached hydrogen (secondary N) is 1. The van der Waals surface area contributed by atoms with Gasteiger partial charge in [-0.05, 0) is 6.07 Å². The van der Waals surface area contributed by atoms with Crippen LogP contribution in [-0.4, -0.2) is 57.7 Å². The Labute approximate surface area is 180 Å². The molecule has 1 aliphatic heterocycles. The summed E-state index contributed by atoms with van der Waals surface area (Å²) in [5.74, 6) is 0.463. The molecule has 0 bridgehead atoms. The summed E-state index contributed by atoms with van der Waals surface area (Å²) in [5.41, 5.74) is -1.41. The van der Waals surface area contributed by atoms with Crippen LogP contribution in [0.4, 0.5) is 5.69 Å². The normalized spacial score (nSPS) is 20.3. The van der Waals surface area contributed by atoms with Crippen molar-refractivity contribution in [3.05, 3.63) is 60.4 Å². The van der Waals surface area contributed by atoms with E-state index in [-0.39, 0.29) is 47.9 Å². The van der Waals surface area contributed by atoms with Crippen molar-refractivity contribution in [1.82, 2.24) is 9.55 Å². The van der Waals surface area contributed by atoms with Crippen molar-refractivity contribution in [1.29, 1.82) is 0 Å². The van der Waals surface area contributed by atoms with Crippen LogP contribution >= 0.6 is 0 Å². The number of nitro benzene ring substituents is 1. The van der Waals surface area contributed by atoms with Crippen molar-refractivity contribution in [2.45, 2.75) is 38.1 Å². The molecular formula is C19H23N3O10. The molecule has 0 unspecified atom stereocenters. The van der Waals surface area contributed by atoms with E-state index in [1.165, 1.54) is 32.5 Å². The fraction of sp³-hybridized carbons (Fsp3) is 0.474. The van der Waals surface area contributed by atoms with Gasteiger partial charge in [0.1, 0.15) is 12.3 Å². The van der Waals surface area contributed by atoms with Crippen LogP contribution in [0.2, 0.25) is 0 Å². The Hall–Kier alpha value is -3.26. The Morgan fingerprint density at radius 3 is 2.47 bits per heavy atom. The van der Waals surface area contributed by atoms with Gasteiger partial charge in [-0.25, -0.2) is 4.79 Å². The van der Waals surface area contributed by atoms with Crippen LogP contribution in [0.1, 0.15) is 23.8 Å². The minimum Gasteiger partial charge on any atom is -0.493 e. The summed E-state index contributed by atoms with van der Waals surface area (Å²) in [7, 11) is 2.75. The Balaban J connectivity index is 1.79. The van der Waals surface area contributed by atoms with Crippen LogP contribution in [0.25, 0.3) is 0 Å². The molecule has 0 aliphatic carbocycles. The lowest BCUT2D eigenvalue weighted by molar-refractivity contribution is -0.386. The second kappa shape index (κ2) is 9.91. The van der Waals surface area contributed by atoms with Crippen LogP contribution in [0.3, 0.4) is 0 Å². The average molecular weight is 453 g/mol. The molecule has 1 aromatic carbocycles. The third kappa shape index (κ3) is 4.80. The fourth-order valence-electron chi connectivity index (χ4n) is 3.36. The zero-order chi connectivity index (χ0) is 23.4. The number of ether oxygens (including phenoxy) is 4. The topological polar surface area (TPSA) is 175 Å². The van der Waals surface area contributed by atoms with Gasteiger partial charge >= 0.3 is 5.69 Å². The van der Waals surface area contributed by atoms with Crippen molar-refractivity contribution in [3.8, 4) is 11.5 Å². The van der Waals surface area contributed by atoms with Crippen molar-refractivity contribution in [3.63, 3.8) is 0 Å². The molecule has 1 aromatic heterocycles. The predicted molar refractivity (Wildman–Crippen MR) is 108 cm³/mol. The fourth-order valence-corrected chi connectivity index (χ4v) is 3.36. The summed E-state index contributed by atoms with van der Waals surface area (Å²) < 4.78 is 22.3. The number of aliphatic hydroxyl groups is 2. The van der Waals surface area contributed by atoms with Gasteiger partial charge < -0.3 is 29.2 Å². The third-order valence-electron chi connectivity index (χ3n) is 5.03. The lowest BCUT2D eigenvalue weighted by atomic mass is 10.1. The highest BCUT2D eigenvalue weighted by Crippen LogP contribution is 2.35. The second-order valence-corrected chi connectivity index (χ2v) is 7.02. The predicted octanol–water partition coefficient (Wildman–Crippen LogP) is -0.180. The Morgan fingerprint density at radius 1 is 1.22 bits per heavy atom. The number of hydrogen-bond acceptors (Lipinski definition) is 10. The van der Waals surface area contributed by atoms with Crippen molar-refractivity contribution in [2.24, 2.45) is 0 Å². The molecule has 3 rings (SSSR count). The van der Waals surface area contributed by atoms with Crippen LogP contribution in [0.15, 0.2) is 27.9 Å². The SMILES string of the molecule is COc1cc(COCc2cn([C@H]3C[C@H](O)[C@@H](CO)O3)c(=O)[nH]c2=O)c([N+](=O)[O-])cc1OC. The molecule has 0 amide bonds. The van der Waals surface area contributed by atoms with Gasteiger partial charge in [0.15, 0.2) is 11.5 Å². The van der Waals surface area contributed by atoms with Crippen LogP contribution in [0.5, 0.6) is 11.5 Å². The summed E-state index contributed by atoms with van der Waals surface area (Å²) in [4.78, 5) is 37.3. The molecule has 1 aliphatic rings. The molecule has 1 saturated heterocycles. The number of methoxy groups -OCH3 is 2. The summed E-state index contributed by atoms with van der Waals surface area (Å²) in [6.45, 7) is -0.907. The molecule has 13 nitrogen and oxygen atoms in total. The van der Waals surface area contributed by atoms with Gasteiger partial charge in [0.2, 0.25) is 0 Å². The number of H-pyrrole nitrogens is 1. The number of hydrogen-bond donors (Lipinski definition) is 3. The summed E-state index contributed by atoms with van der Waals surface area (Å²) in [6.07, 6.45) is -1.40. The first-order chi connectivity index (χ1) is 15.3. The molecule has 3 atom stereocenters. The zero-order valence-electron chi connectivity index (χ0n) is 17.3. The van der Waals surface area contributed by atoms with Gasteiger partial charge in [0.25, 0.3) is 11.2 Å². The van der Waals surface area contributed by atoms with Gasteiger partial charge in [-0.1, -0.05) is 0 Å². The molecular weight excluding hydrogens is 430 g/mol. The second-order valence-electron chi connectivity index (χ2n) is 7.02. The molecule has 174 valence electrons. The molecule has 2 heterocycles. The number of aliphatic hydroxyl groups excluding tert-OH is 2. The number of nitro groups is 1. The standard InChI is InChI=1S/C19H23N3O10/c1-29-14-3-10(12(22(27)28)4-15(14)30-2)8-31-9-11-6-21(19(26)20-18(11)25)17-5-13(24)16(7-23)32-17/h3-4,6,13,16-17,23-24H,5,7-9H2,1-2H3,(H,20,25,26)/t13-,16+,17+/m0/s1. The lowest BCUT2D eigenvalue weighted by Crippen LogP contribution is -2.34. The maximum Gasteiger partial charge on any atom is 0.330 e. The molecule has 3 N–H and O–H groups in total. The highest BCUT2D eigenvalue weighted by molar-refractivity contribution is 5.54. The van der Waals surface area contributed by atoms with Gasteiger partial charge in [-0.3, -0.25) is 24.5 Å². The minimum absolute atomic E-state index is 0.0509. The number of benzene rings is 1. The van der Waals surface area contributed by atoms with Gasteiger partial charge in [0, 0.05) is 12.6 Å². The van der Waals surface area contributed by atoms with E-state index in [0.29, 0.717) is 0 Å². The Morgan fingerprint density at radius 2 is 1.88 bits per heavy atom. The van der Waals surface area contributed by atoms with E-state index in [1.807, 2.05) is 0 Å². The van der Waals surface area contributed by atoms with Crippen molar-refractivity contribution < 1.29 is 34.1 Å². The lowest BCUT2D eigenvalue weighted by Gasteiger charge is -2.15. The maximum atomic E-state index is 12.2. The first kappa shape index (κ1) is 23.4. The van der Waals surface area contributed by atoms with E-state index in [2.05, 4.69) is 4.98 Å². The van der Waals surface area contributed by atoms with E-state index >= 15 is 0 Å². The van der Waals surface area contributed by atoms with Gasteiger partial charge in [-0.15, -0.1) is 0 Å². The molecule has 0 spiro atoms. The number of aromatic amines is 1. The van der Waals surface area contributed by atoms with Crippen LogP contribution < -0.4 is 20.7 Å². The van der Waals surface area contributed by atoms with E-state index in [0.717, 1.165) is 4.57 Å². The number of nitrogens with zero attached hydrogens (tertiary/aromatic N) is 2. The van der Waals surface area contributed by atoms with Crippen LogP contribution in [-0.2, 0) is 22.7 Å². The molecule has 2 aromatic rings. The molecule has 13 heteroatoms. The highest BCUT2D eigenvalue weighted by atomic mass is 16.6. The van der Waals surface area contributed by atoms with Crippen molar-refractivity contribution in [2.75, 3.05) is 20.8 Å². The first-order valence-corrected chi connectivity index (χ1v) is 9.54. The maximum absolute atomic E-state index is 12.2. The van der Waals surface area contributed by atoms with Crippen molar-refractivity contribution >= 4 is 5.69 Å². The monoisotopic (exact) mass is 453 g/mol. The molecule has 32 heavy (non-hydrogen) atoms. The molecule has 1 fully saturated rings. The van der Waals surface area contributed by atoms with E-state index < -0.39 is 41.2 Å². The summed E-state index contributed by atoms with van der Waals surface area (Å²) >= 11 is 0. The van der Waals surface area contributed by atoms with Gasteiger partial charge in [0.05, 0.1) is 62.3 Å². The highest BCUT2D eigenvalue weighted by Gasteiger charge is 2.35. The van der Waals surface area contributed by atoms with Gasteiger partial charge in [-0.2, -0.15) is 0 Å². The molecule has 0 radical (unpaired) electrons. The third-order valence-corrected chi connectivity index (χ3v) is 5.03. The number of rotatable bonds is 9. The van der Waals surface area contributed by atoms with E-state index in [9.17, 15) is 29.9 Å². The van der Waals surface area contributed by atoms with E-state index in [1.54, 1.807) is 0 Å². The number of aromatic nitrogens is 2. The van der Waals surface area contributed by atoms with E-state index in [4.69, 9.17) is 18.9 Å². The average Bonchev–Trinajstić information content (AvgIpc) is 3.14. The Kier molecular flexibility index (Phi) is 7.25.